The van der Waals surface area contributed by atoms with Crippen molar-refractivity contribution >= 4 is 23.4 Å². The number of methoxy groups -OCH3 is 1. The van der Waals surface area contributed by atoms with Crippen LogP contribution in [0.5, 0.6) is 5.75 Å². The van der Waals surface area contributed by atoms with Crippen LogP contribution in [0.25, 0.3) is 11.4 Å². The maximum Gasteiger partial charge on any atom is 0.234 e. The molecule has 4 rings (SSSR count). The van der Waals surface area contributed by atoms with E-state index in [1.54, 1.807) is 7.11 Å². The second-order valence-corrected chi connectivity index (χ2v) is 8.30. The monoisotopic (exact) mass is 480 g/mol. The number of hydrogen-bond acceptors (Lipinski definition) is 5. The molecule has 0 atom stereocenters. The zero-order chi connectivity index (χ0) is 23.9. The highest BCUT2D eigenvalue weighted by Crippen LogP contribution is 2.31. The molecule has 34 heavy (non-hydrogen) atoms. The third-order valence-electron chi connectivity index (χ3n) is 5.07. The van der Waals surface area contributed by atoms with Crippen LogP contribution in [-0.4, -0.2) is 33.5 Å². The Hall–Kier alpha value is -3.72. The van der Waals surface area contributed by atoms with Crippen LogP contribution in [0.4, 0.5) is 14.5 Å². The number of halogens is 2. The van der Waals surface area contributed by atoms with E-state index >= 15 is 0 Å². The molecule has 3 aromatic carbocycles. The van der Waals surface area contributed by atoms with E-state index in [0.717, 1.165) is 29.7 Å². The summed E-state index contributed by atoms with van der Waals surface area (Å²) in [6, 6.07) is 20.8. The highest BCUT2D eigenvalue weighted by molar-refractivity contribution is 7.99. The van der Waals surface area contributed by atoms with Gasteiger partial charge in [-0.15, -0.1) is 10.2 Å². The highest BCUT2D eigenvalue weighted by atomic mass is 32.2. The number of aryl methyl sites for hydroxylation is 1. The number of anilines is 1. The van der Waals surface area contributed by atoms with Gasteiger partial charge in [0.1, 0.15) is 5.75 Å². The lowest BCUT2D eigenvalue weighted by molar-refractivity contribution is -0.113. The molecule has 9 heteroatoms. The first-order valence-electron chi connectivity index (χ1n) is 10.5. The minimum atomic E-state index is -1.02. The Morgan fingerprint density at radius 1 is 1.00 bits per heavy atom. The second kappa shape index (κ2) is 10.9. The molecular weight excluding hydrogens is 458 g/mol. The van der Waals surface area contributed by atoms with E-state index in [0.29, 0.717) is 23.3 Å². The van der Waals surface area contributed by atoms with Crippen LogP contribution in [0.3, 0.4) is 0 Å². The van der Waals surface area contributed by atoms with Crippen molar-refractivity contribution in [2.75, 3.05) is 18.2 Å². The molecule has 4 aromatic rings. The molecule has 174 valence electrons. The minimum Gasteiger partial charge on any atom is -0.496 e. The van der Waals surface area contributed by atoms with E-state index in [1.807, 2.05) is 47.0 Å². The zero-order valence-corrected chi connectivity index (χ0v) is 19.2. The van der Waals surface area contributed by atoms with E-state index in [2.05, 4.69) is 27.6 Å². The quantitative estimate of drug-likeness (QED) is 0.333. The van der Waals surface area contributed by atoms with Gasteiger partial charge >= 0.3 is 0 Å². The first-order chi connectivity index (χ1) is 16.5. The summed E-state index contributed by atoms with van der Waals surface area (Å²) in [6.45, 7) is 0.595. The predicted octanol–water partition coefficient (Wildman–Crippen LogP) is 5.21. The molecular formula is C25H22F2N4O2S. The van der Waals surface area contributed by atoms with Gasteiger partial charge in [-0.05, 0) is 36.2 Å². The Bertz CT molecular complexity index is 1280. The van der Waals surface area contributed by atoms with Gasteiger partial charge in [0.2, 0.25) is 5.91 Å². The standard InChI is InChI=1S/C25H22F2N4O2S/c1-33-22-10-6-5-9-19(22)24-29-30-25(31(24)14-13-17-7-3-2-4-8-17)34-16-23(32)28-18-11-12-20(26)21(27)15-18/h2-12,15H,13-14,16H2,1H3,(H,28,32). The number of nitrogens with one attached hydrogen (secondary N) is 1. The average molecular weight is 481 g/mol. The molecule has 0 aliphatic carbocycles. The van der Waals surface area contributed by atoms with E-state index in [-0.39, 0.29) is 17.3 Å². The van der Waals surface area contributed by atoms with Crippen molar-refractivity contribution in [3.8, 4) is 17.1 Å². The number of hydrogen-bond donors (Lipinski definition) is 1. The molecule has 6 nitrogen and oxygen atoms in total. The van der Waals surface area contributed by atoms with Gasteiger partial charge in [0.15, 0.2) is 22.6 Å². The molecule has 0 aliphatic heterocycles. The number of aromatic nitrogens is 3. The van der Waals surface area contributed by atoms with Gasteiger partial charge in [0, 0.05) is 18.3 Å². The fraction of sp³-hybridized carbons (Fsp3) is 0.160. The Morgan fingerprint density at radius 2 is 1.76 bits per heavy atom. The smallest absolute Gasteiger partial charge is 0.234 e. The van der Waals surface area contributed by atoms with Gasteiger partial charge in [-0.25, -0.2) is 8.78 Å². The van der Waals surface area contributed by atoms with Crippen LogP contribution in [0.15, 0.2) is 78.0 Å². The van der Waals surface area contributed by atoms with Crippen molar-refractivity contribution in [1.82, 2.24) is 14.8 Å². The van der Waals surface area contributed by atoms with Crippen LogP contribution in [-0.2, 0) is 17.8 Å². The largest absolute Gasteiger partial charge is 0.496 e. The summed E-state index contributed by atoms with van der Waals surface area (Å²) in [7, 11) is 1.60. The van der Waals surface area contributed by atoms with Crippen LogP contribution < -0.4 is 10.1 Å². The van der Waals surface area contributed by atoms with Gasteiger partial charge in [0.05, 0.1) is 18.4 Å². The third-order valence-corrected chi connectivity index (χ3v) is 6.03. The van der Waals surface area contributed by atoms with Crippen molar-refractivity contribution in [2.45, 2.75) is 18.1 Å². The summed E-state index contributed by atoms with van der Waals surface area (Å²) in [5.41, 5.74) is 2.14. The van der Waals surface area contributed by atoms with Crippen molar-refractivity contribution in [2.24, 2.45) is 0 Å². The topological polar surface area (TPSA) is 69.0 Å². The van der Waals surface area contributed by atoms with Crippen LogP contribution in [0.1, 0.15) is 5.56 Å². The minimum absolute atomic E-state index is 0.0222. The second-order valence-electron chi connectivity index (χ2n) is 7.36. The Labute approximate surface area is 200 Å². The van der Waals surface area contributed by atoms with Crippen LogP contribution in [0, 0.1) is 11.6 Å². The number of carbonyl (C=O) groups excluding carboxylic acids is 1. The fourth-order valence-corrected chi connectivity index (χ4v) is 4.18. The zero-order valence-electron chi connectivity index (χ0n) is 18.4. The molecule has 0 saturated carbocycles. The molecule has 0 spiro atoms. The Kier molecular flexibility index (Phi) is 7.54. The van der Waals surface area contributed by atoms with Crippen molar-refractivity contribution < 1.29 is 18.3 Å². The van der Waals surface area contributed by atoms with Crippen molar-refractivity contribution in [3.63, 3.8) is 0 Å². The SMILES string of the molecule is COc1ccccc1-c1nnc(SCC(=O)Nc2ccc(F)c(F)c2)n1CCc1ccccc1. The summed E-state index contributed by atoms with van der Waals surface area (Å²) in [5.74, 6) is -1.03. The number of ether oxygens (including phenoxy) is 1. The molecule has 1 aromatic heterocycles. The summed E-state index contributed by atoms with van der Waals surface area (Å²) >= 11 is 1.21. The van der Waals surface area contributed by atoms with Crippen molar-refractivity contribution in [1.29, 1.82) is 0 Å². The van der Waals surface area contributed by atoms with Gasteiger partial charge in [0.25, 0.3) is 0 Å². The molecule has 0 saturated heterocycles. The van der Waals surface area contributed by atoms with Gasteiger partial charge in [-0.1, -0.05) is 54.2 Å². The lowest BCUT2D eigenvalue weighted by atomic mass is 10.1. The number of rotatable bonds is 9. The summed E-state index contributed by atoms with van der Waals surface area (Å²) in [5, 5.41) is 11.8. The Balaban J connectivity index is 1.54. The fourth-order valence-electron chi connectivity index (χ4n) is 3.41. The van der Waals surface area contributed by atoms with Gasteiger partial charge < -0.3 is 14.6 Å². The normalized spacial score (nSPS) is 10.8. The lowest BCUT2D eigenvalue weighted by Gasteiger charge is -2.12. The van der Waals surface area contributed by atoms with Gasteiger partial charge in [-0.2, -0.15) is 0 Å². The molecule has 0 fully saturated rings. The highest BCUT2D eigenvalue weighted by Gasteiger charge is 2.18. The molecule has 0 aliphatic rings. The number of benzene rings is 3. The molecule has 0 bridgehead atoms. The van der Waals surface area contributed by atoms with Crippen molar-refractivity contribution in [3.05, 3.63) is 90.0 Å². The molecule has 1 N–H and O–H groups in total. The maximum atomic E-state index is 13.4. The van der Waals surface area contributed by atoms with E-state index in [1.165, 1.54) is 17.8 Å². The number of carbonyl (C=O) groups is 1. The summed E-state index contributed by atoms with van der Waals surface area (Å²) in [6.07, 6.45) is 0.746. The number of thioether (sulfide) groups is 1. The van der Waals surface area contributed by atoms with E-state index in [4.69, 9.17) is 4.74 Å². The van der Waals surface area contributed by atoms with Crippen LogP contribution in [0.2, 0.25) is 0 Å². The molecule has 1 heterocycles. The number of nitrogens with zero attached hydrogens (tertiary/aromatic N) is 3. The Morgan fingerprint density at radius 3 is 2.53 bits per heavy atom. The third kappa shape index (κ3) is 5.60. The molecule has 0 unspecified atom stereocenters. The lowest BCUT2D eigenvalue weighted by Crippen LogP contribution is -2.15. The van der Waals surface area contributed by atoms with E-state index < -0.39 is 11.6 Å². The van der Waals surface area contributed by atoms with Gasteiger partial charge in [-0.3, -0.25) is 4.79 Å². The maximum absolute atomic E-state index is 13.4. The van der Waals surface area contributed by atoms with E-state index in [9.17, 15) is 13.6 Å². The first kappa shape index (κ1) is 23.4. The molecule has 1 amide bonds. The number of amides is 1. The number of para-hydroxylation sites is 1. The van der Waals surface area contributed by atoms with Crippen LogP contribution >= 0.6 is 11.8 Å². The predicted molar refractivity (Wildman–Crippen MR) is 128 cm³/mol. The summed E-state index contributed by atoms with van der Waals surface area (Å²) < 4.78 is 34.0. The first-order valence-corrected chi connectivity index (χ1v) is 11.5. The summed E-state index contributed by atoms with van der Waals surface area (Å²) in [4.78, 5) is 12.4. The average Bonchev–Trinajstić information content (AvgIpc) is 3.27. The molecule has 0 radical (unpaired) electrons.